The molecule has 0 saturated heterocycles. The molecule has 1 aromatic carbocycles. The van der Waals surface area contributed by atoms with Crippen molar-refractivity contribution in [3.05, 3.63) is 42.0 Å². The molecule has 1 aromatic rings. The van der Waals surface area contributed by atoms with Gasteiger partial charge in [-0.05, 0) is 18.4 Å². The monoisotopic (exact) mass is 213 g/mol. The second kappa shape index (κ2) is 3.97. The van der Waals surface area contributed by atoms with Crippen molar-refractivity contribution in [2.24, 2.45) is 0 Å². The fourth-order valence-electron chi connectivity index (χ4n) is 3.12. The molecule has 3 rings (SSSR count). The number of nitrogens with zero attached hydrogens (tertiary/aromatic N) is 1. The van der Waals surface area contributed by atoms with E-state index >= 15 is 0 Å². The highest BCUT2D eigenvalue weighted by atomic mass is 15.2. The Labute approximate surface area is 97.8 Å². The number of hydrogen-bond donors (Lipinski definition) is 0. The fourth-order valence-corrected chi connectivity index (χ4v) is 3.12. The maximum absolute atomic E-state index is 4.28. The lowest BCUT2D eigenvalue weighted by Gasteiger charge is -2.33. The van der Waals surface area contributed by atoms with Crippen molar-refractivity contribution in [1.29, 1.82) is 0 Å². The van der Waals surface area contributed by atoms with Crippen LogP contribution in [0.2, 0.25) is 0 Å². The van der Waals surface area contributed by atoms with E-state index in [0.29, 0.717) is 0 Å². The number of rotatable bonds is 1. The Kier molecular flexibility index (Phi) is 2.47. The predicted molar refractivity (Wildman–Crippen MR) is 67.9 cm³/mol. The van der Waals surface area contributed by atoms with Gasteiger partial charge in [0.15, 0.2) is 0 Å². The number of hydrogen-bond acceptors (Lipinski definition) is 1. The lowest BCUT2D eigenvalue weighted by molar-refractivity contribution is 0.234. The normalized spacial score (nSPS) is 21.2. The van der Waals surface area contributed by atoms with Crippen molar-refractivity contribution in [3.8, 4) is 0 Å². The van der Waals surface area contributed by atoms with E-state index in [9.17, 15) is 0 Å². The Morgan fingerprint density at radius 2 is 1.81 bits per heavy atom. The zero-order chi connectivity index (χ0) is 11.0. The summed E-state index contributed by atoms with van der Waals surface area (Å²) in [6.45, 7) is 5.36. The van der Waals surface area contributed by atoms with Crippen LogP contribution in [0.4, 0.5) is 0 Å². The molecular weight excluding hydrogens is 194 g/mol. The van der Waals surface area contributed by atoms with E-state index in [1.54, 1.807) is 0 Å². The highest BCUT2D eigenvalue weighted by molar-refractivity contribution is 5.69. The number of benzene rings is 1. The van der Waals surface area contributed by atoms with Crippen LogP contribution in [0.15, 0.2) is 30.8 Å². The van der Waals surface area contributed by atoms with Crippen LogP contribution in [0.3, 0.4) is 0 Å². The minimum atomic E-state index is 0.744. The Hall–Kier alpha value is -1.24. The predicted octanol–water partition coefficient (Wildman–Crippen LogP) is 3.81. The number of fused-ring (bicyclic) bond motifs is 1. The summed E-state index contributed by atoms with van der Waals surface area (Å²) in [5.74, 6) is 0. The van der Waals surface area contributed by atoms with E-state index in [2.05, 4.69) is 35.7 Å². The van der Waals surface area contributed by atoms with E-state index < -0.39 is 0 Å². The van der Waals surface area contributed by atoms with Gasteiger partial charge in [0.25, 0.3) is 0 Å². The summed E-state index contributed by atoms with van der Waals surface area (Å²) >= 11 is 0. The first-order valence-electron chi connectivity index (χ1n) is 6.40. The minimum Gasteiger partial charge on any atom is -0.364 e. The molecule has 0 N–H and O–H groups in total. The Balaban J connectivity index is 1.83. The SMILES string of the molecule is C=C1c2ccccc2CN1C1CCCCC1. The summed E-state index contributed by atoms with van der Waals surface area (Å²) in [5.41, 5.74) is 4.08. The molecule has 1 aliphatic heterocycles. The van der Waals surface area contributed by atoms with Gasteiger partial charge < -0.3 is 4.90 Å². The van der Waals surface area contributed by atoms with Gasteiger partial charge in [-0.25, -0.2) is 0 Å². The second-order valence-corrected chi connectivity index (χ2v) is 5.02. The van der Waals surface area contributed by atoms with Crippen LogP contribution < -0.4 is 0 Å². The Morgan fingerprint density at radius 1 is 1.06 bits per heavy atom. The summed E-state index contributed by atoms with van der Waals surface area (Å²) < 4.78 is 0. The first kappa shape index (κ1) is 9.95. The largest absolute Gasteiger partial charge is 0.364 e. The zero-order valence-corrected chi connectivity index (χ0v) is 9.78. The molecule has 16 heavy (non-hydrogen) atoms. The van der Waals surface area contributed by atoms with Crippen molar-refractivity contribution in [3.63, 3.8) is 0 Å². The maximum atomic E-state index is 4.28. The van der Waals surface area contributed by atoms with Gasteiger partial charge in [-0.1, -0.05) is 50.1 Å². The van der Waals surface area contributed by atoms with E-state index in [0.717, 1.165) is 12.6 Å². The van der Waals surface area contributed by atoms with Crippen LogP contribution >= 0.6 is 0 Å². The van der Waals surface area contributed by atoms with Crippen LogP contribution in [0.1, 0.15) is 43.2 Å². The molecule has 0 radical (unpaired) electrons. The van der Waals surface area contributed by atoms with E-state index in [1.807, 2.05) is 0 Å². The molecule has 1 nitrogen and oxygen atoms in total. The third-order valence-electron chi connectivity index (χ3n) is 4.03. The van der Waals surface area contributed by atoms with Crippen molar-refractivity contribution in [1.82, 2.24) is 4.90 Å². The van der Waals surface area contributed by atoms with Gasteiger partial charge in [0.2, 0.25) is 0 Å². The lowest BCUT2D eigenvalue weighted by Crippen LogP contribution is -2.31. The second-order valence-electron chi connectivity index (χ2n) is 5.02. The molecule has 0 atom stereocenters. The molecule has 1 aliphatic carbocycles. The molecule has 1 saturated carbocycles. The summed E-state index contributed by atoms with van der Waals surface area (Å²) in [4.78, 5) is 2.53. The molecule has 2 aliphatic rings. The van der Waals surface area contributed by atoms with Gasteiger partial charge in [0.1, 0.15) is 0 Å². The third kappa shape index (κ3) is 1.55. The summed E-state index contributed by atoms with van der Waals surface area (Å²) in [5, 5.41) is 0. The highest BCUT2D eigenvalue weighted by Crippen LogP contribution is 2.36. The van der Waals surface area contributed by atoms with Gasteiger partial charge in [-0.15, -0.1) is 0 Å². The van der Waals surface area contributed by atoms with Crippen LogP contribution in [0.5, 0.6) is 0 Å². The van der Waals surface area contributed by atoms with Crippen molar-refractivity contribution in [2.75, 3.05) is 0 Å². The van der Waals surface area contributed by atoms with Crippen molar-refractivity contribution in [2.45, 2.75) is 44.7 Å². The van der Waals surface area contributed by atoms with Gasteiger partial charge in [0, 0.05) is 23.8 Å². The quantitative estimate of drug-likeness (QED) is 0.685. The lowest BCUT2D eigenvalue weighted by atomic mass is 9.94. The molecule has 0 spiro atoms. The Bertz CT molecular complexity index is 402. The molecule has 0 unspecified atom stereocenters. The summed E-state index contributed by atoms with van der Waals surface area (Å²) in [6, 6.07) is 9.45. The smallest absolute Gasteiger partial charge is 0.0439 e. The van der Waals surface area contributed by atoms with Gasteiger partial charge in [0.05, 0.1) is 0 Å². The molecular formula is C15H19N. The molecule has 84 valence electrons. The molecule has 0 amide bonds. The maximum Gasteiger partial charge on any atom is 0.0439 e. The van der Waals surface area contributed by atoms with Crippen LogP contribution in [-0.4, -0.2) is 10.9 Å². The van der Waals surface area contributed by atoms with Crippen LogP contribution in [0, 0.1) is 0 Å². The third-order valence-corrected chi connectivity index (χ3v) is 4.03. The minimum absolute atomic E-state index is 0.744. The topological polar surface area (TPSA) is 3.24 Å². The van der Waals surface area contributed by atoms with E-state index in [4.69, 9.17) is 0 Å². The summed E-state index contributed by atoms with van der Waals surface area (Å²) in [6.07, 6.45) is 6.92. The zero-order valence-electron chi connectivity index (χ0n) is 9.78. The Morgan fingerprint density at radius 3 is 2.56 bits per heavy atom. The summed E-state index contributed by atoms with van der Waals surface area (Å²) in [7, 11) is 0. The first-order chi connectivity index (χ1) is 7.86. The van der Waals surface area contributed by atoms with Crippen LogP contribution in [0.25, 0.3) is 5.70 Å². The average molecular weight is 213 g/mol. The van der Waals surface area contributed by atoms with Crippen molar-refractivity contribution >= 4 is 5.70 Å². The van der Waals surface area contributed by atoms with Gasteiger partial charge in [-0.3, -0.25) is 0 Å². The highest BCUT2D eigenvalue weighted by Gasteiger charge is 2.28. The standard InChI is InChI=1S/C15H19N/c1-12-15-10-6-5-7-13(15)11-16(12)14-8-3-2-4-9-14/h5-7,10,14H,1-4,8-9,11H2. The van der Waals surface area contributed by atoms with E-state index in [-0.39, 0.29) is 0 Å². The average Bonchev–Trinajstić information content (AvgIpc) is 2.69. The molecule has 1 heteroatoms. The first-order valence-corrected chi connectivity index (χ1v) is 6.40. The molecule has 0 bridgehead atoms. The van der Waals surface area contributed by atoms with Crippen LogP contribution in [-0.2, 0) is 6.54 Å². The molecule has 1 heterocycles. The molecule has 0 aromatic heterocycles. The van der Waals surface area contributed by atoms with Crippen molar-refractivity contribution < 1.29 is 0 Å². The van der Waals surface area contributed by atoms with Gasteiger partial charge in [-0.2, -0.15) is 0 Å². The molecule has 1 fully saturated rings. The van der Waals surface area contributed by atoms with E-state index in [1.165, 1.54) is 48.9 Å². The van der Waals surface area contributed by atoms with Gasteiger partial charge >= 0.3 is 0 Å². The fraction of sp³-hybridized carbons (Fsp3) is 0.467.